The third kappa shape index (κ3) is 1.29. The zero-order valence-electron chi connectivity index (χ0n) is 7.00. The fraction of sp³-hybridized carbons (Fsp3) is 0.111. The summed E-state index contributed by atoms with van der Waals surface area (Å²) in [6, 6.07) is 6.25. The monoisotopic (exact) mass is 191 g/mol. The molecule has 1 heterocycles. The first-order chi connectivity index (χ1) is 6.18. The molecule has 0 spiro atoms. The number of carbonyl (C=O) groups is 1. The molecule has 0 unspecified atom stereocenters. The molecule has 2 N–H and O–H groups in total. The average Bonchev–Trinajstić information content (AvgIpc) is 2.43. The molecule has 0 aliphatic heterocycles. The maximum Gasteiger partial charge on any atom is 0.250 e. The third-order valence-corrected chi connectivity index (χ3v) is 2.64. The predicted octanol–water partition coefficient (Wildman–Crippen LogP) is 1.50. The Bertz CT molecular complexity index is 475. The molecular weight excluding hydrogens is 184 g/mol. The SMILES string of the molecule is Cc1nc2c(C(N)=O)c[c]cc2s1. The van der Waals surface area contributed by atoms with E-state index in [0.29, 0.717) is 11.1 Å². The average molecular weight is 191 g/mol. The first-order valence-corrected chi connectivity index (χ1v) is 4.57. The number of benzene rings is 1. The van der Waals surface area contributed by atoms with Gasteiger partial charge in [-0.15, -0.1) is 11.3 Å². The van der Waals surface area contributed by atoms with Gasteiger partial charge in [0.1, 0.15) is 0 Å². The molecule has 0 aliphatic rings. The number of aromatic nitrogens is 1. The summed E-state index contributed by atoms with van der Waals surface area (Å²) in [5, 5.41) is 0.928. The molecule has 2 aromatic rings. The van der Waals surface area contributed by atoms with E-state index < -0.39 is 5.91 Å². The Kier molecular flexibility index (Phi) is 1.77. The molecule has 13 heavy (non-hydrogen) atoms. The minimum atomic E-state index is -0.452. The molecule has 1 aromatic carbocycles. The van der Waals surface area contributed by atoms with Crippen molar-refractivity contribution in [3.8, 4) is 0 Å². The van der Waals surface area contributed by atoms with E-state index in [2.05, 4.69) is 11.1 Å². The largest absolute Gasteiger partial charge is 0.366 e. The predicted molar refractivity (Wildman–Crippen MR) is 51.7 cm³/mol. The van der Waals surface area contributed by atoms with Crippen LogP contribution in [0.15, 0.2) is 12.1 Å². The molecule has 0 atom stereocenters. The van der Waals surface area contributed by atoms with Crippen molar-refractivity contribution in [1.82, 2.24) is 4.98 Å². The van der Waals surface area contributed by atoms with Crippen molar-refractivity contribution in [3.63, 3.8) is 0 Å². The highest BCUT2D eigenvalue weighted by molar-refractivity contribution is 7.18. The lowest BCUT2D eigenvalue weighted by molar-refractivity contribution is 0.100. The zero-order chi connectivity index (χ0) is 9.42. The van der Waals surface area contributed by atoms with Crippen molar-refractivity contribution in [2.45, 2.75) is 6.92 Å². The van der Waals surface area contributed by atoms with Gasteiger partial charge in [0, 0.05) is 0 Å². The maximum atomic E-state index is 11.0. The van der Waals surface area contributed by atoms with E-state index in [1.165, 1.54) is 11.3 Å². The van der Waals surface area contributed by atoms with Crippen LogP contribution in [0.1, 0.15) is 15.4 Å². The summed E-state index contributed by atoms with van der Waals surface area (Å²) in [4.78, 5) is 15.2. The number of hydrogen-bond donors (Lipinski definition) is 1. The standard InChI is InChI=1S/C9H7N2OS/c1-5-11-8-6(9(10)12)3-2-4-7(8)13-5/h3-4H,1H3,(H2,10,12). The van der Waals surface area contributed by atoms with Crippen LogP contribution in [0.5, 0.6) is 0 Å². The fourth-order valence-corrected chi connectivity index (χ4v) is 2.02. The van der Waals surface area contributed by atoms with Gasteiger partial charge in [-0.1, -0.05) is 0 Å². The molecule has 0 fully saturated rings. The molecule has 1 aromatic heterocycles. The van der Waals surface area contributed by atoms with Crippen LogP contribution in [-0.2, 0) is 0 Å². The first kappa shape index (κ1) is 8.19. The highest BCUT2D eigenvalue weighted by Crippen LogP contribution is 2.23. The summed E-state index contributed by atoms with van der Waals surface area (Å²) in [7, 11) is 0. The Labute approximate surface area is 79.2 Å². The van der Waals surface area contributed by atoms with Gasteiger partial charge in [0.15, 0.2) is 0 Å². The van der Waals surface area contributed by atoms with Crippen molar-refractivity contribution < 1.29 is 4.79 Å². The van der Waals surface area contributed by atoms with E-state index in [4.69, 9.17) is 5.73 Å². The normalized spacial score (nSPS) is 10.5. The van der Waals surface area contributed by atoms with E-state index in [1.807, 2.05) is 13.0 Å². The number of nitrogens with two attached hydrogens (primary N) is 1. The summed E-state index contributed by atoms with van der Waals surface area (Å²) in [6.45, 7) is 1.90. The second-order valence-electron chi connectivity index (χ2n) is 2.68. The Morgan fingerprint density at radius 3 is 3.08 bits per heavy atom. The second kappa shape index (κ2) is 2.81. The fourth-order valence-electron chi connectivity index (χ4n) is 1.19. The molecule has 1 amide bonds. The quantitative estimate of drug-likeness (QED) is 0.742. The molecule has 0 saturated heterocycles. The third-order valence-electron chi connectivity index (χ3n) is 1.72. The summed E-state index contributed by atoms with van der Waals surface area (Å²) in [6.07, 6.45) is 0. The smallest absolute Gasteiger partial charge is 0.250 e. The minimum Gasteiger partial charge on any atom is -0.366 e. The van der Waals surface area contributed by atoms with Crippen LogP contribution >= 0.6 is 11.3 Å². The van der Waals surface area contributed by atoms with Gasteiger partial charge >= 0.3 is 0 Å². The van der Waals surface area contributed by atoms with Crippen LogP contribution in [0.2, 0.25) is 0 Å². The summed E-state index contributed by atoms with van der Waals surface area (Å²) < 4.78 is 0.953. The maximum absolute atomic E-state index is 11.0. The zero-order valence-corrected chi connectivity index (χ0v) is 7.81. The van der Waals surface area contributed by atoms with E-state index in [0.717, 1.165) is 9.71 Å². The number of carbonyl (C=O) groups excluding carboxylic acids is 1. The number of aryl methyl sites for hydroxylation is 1. The van der Waals surface area contributed by atoms with E-state index in [9.17, 15) is 4.79 Å². The van der Waals surface area contributed by atoms with E-state index in [-0.39, 0.29) is 0 Å². The Morgan fingerprint density at radius 2 is 2.38 bits per heavy atom. The van der Waals surface area contributed by atoms with Gasteiger partial charge in [-0.05, 0) is 25.1 Å². The van der Waals surface area contributed by atoms with Gasteiger partial charge in [0.25, 0.3) is 5.91 Å². The molecule has 0 saturated carbocycles. The lowest BCUT2D eigenvalue weighted by Crippen LogP contribution is -2.11. The number of rotatable bonds is 1. The molecular formula is C9H7N2OS. The highest BCUT2D eigenvalue weighted by atomic mass is 32.1. The summed E-state index contributed by atoms with van der Waals surface area (Å²) >= 11 is 1.53. The number of thiazole rings is 1. The van der Waals surface area contributed by atoms with Gasteiger partial charge in [0.05, 0.1) is 20.8 Å². The summed E-state index contributed by atoms with van der Waals surface area (Å²) in [5.41, 5.74) is 6.33. The molecule has 3 nitrogen and oxygen atoms in total. The van der Waals surface area contributed by atoms with Crippen LogP contribution in [0, 0.1) is 13.0 Å². The van der Waals surface area contributed by atoms with Gasteiger partial charge in [-0.25, -0.2) is 4.98 Å². The molecule has 0 aliphatic carbocycles. The van der Waals surface area contributed by atoms with Crippen molar-refractivity contribution in [1.29, 1.82) is 0 Å². The van der Waals surface area contributed by atoms with Gasteiger partial charge in [-0.2, -0.15) is 0 Å². The van der Waals surface area contributed by atoms with Crippen LogP contribution in [0.25, 0.3) is 10.2 Å². The van der Waals surface area contributed by atoms with Crippen LogP contribution in [0.4, 0.5) is 0 Å². The topological polar surface area (TPSA) is 56.0 Å². The van der Waals surface area contributed by atoms with Crippen molar-refractivity contribution in [2.75, 3.05) is 0 Å². The van der Waals surface area contributed by atoms with E-state index >= 15 is 0 Å². The Morgan fingerprint density at radius 1 is 1.62 bits per heavy atom. The van der Waals surface area contributed by atoms with Gasteiger partial charge in [-0.3, -0.25) is 4.79 Å². The molecule has 0 bridgehead atoms. The number of amides is 1. The number of nitrogens with zero attached hydrogens (tertiary/aromatic N) is 1. The van der Waals surface area contributed by atoms with Crippen LogP contribution in [-0.4, -0.2) is 10.9 Å². The molecule has 2 rings (SSSR count). The number of fused-ring (bicyclic) bond motifs is 1. The van der Waals surface area contributed by atoms with Crippen LogP contribution in [0.3, 0.4) is 0 Å². The van der Waals surface area contributed by atoms with Crippen molar-refractivity contribution in [3.05, 3.63) is 28.8 Å². The molecule has 4 heteroatoms. The Balaban J connectivity index is 2.82. The van der Waals surface area contributed by atoms with Gasteiger partial charge < -0.3 is 5.73 Å². The number of hydrogen-bond acceptors (Lipinski definition) is 3. The van der Waals surface area contributed by atoms with Crippen LogP contribution < -0.4 is 5.73 Å². The van der Waals surface area contributed by atoms with E-state index in [1.54, 1.807) is 6.07 Å². The van der Waals surface area contributed by atoms with Crippen molar-refractivity contribution >= 4 is 27.5 Å². The van der Waals surface area contributed by atoms with Gasteiger partial charge in [0.2, 0.25) is 0 Å². The minimum absolute atomic E-state index is 0.446. The molecule has 65 valence electrons. The Hall–Kier alpha value is -1.42. The lowest BCUT2D eigenvalue weighted by atomic mass is 10.2. The highest BCUT2D eigenvalue weighted by Gasteiger charge is 2.09. The summed E-state index contributed by atoms with van der Waals surface area (Å²) in [5.74, 6) is -0.452. The lowest BCUT2D eigenvalue weighted by Gasteiger charge is -1.94. The number of primary amides is 1. The molecule has 1 radical (unpaired) electrons. The second-order valence-corrected chi connectivity index (χ2v) is 3.91. The first-order valence-electron chi connectivity index (χ1n) is 3.75. The van der Waals surface area contributed by atoms with Crippen molar-refractivity contribution in [2.24, 2.45) is 5.73 Å².